The maximum Gasteiger partial charge on any atom is 0.320 e. The van der Waals surface area contributed by atoms with Crippen molar-refractivity contribution in [3.8, 4) is 0 Å². The molecule has 0 aromatic rings. The molecule has 0 atom stereocenters. The molecule has 18 heavy (non-hydrogen) atoms. The molecule has 2 aliphatic heterocycles. The van der Waals surface area contributed by atoms with E-state index in [1.165, 1.54) is 0 Å². The van der Waals surface area contributed by atoms with Gasteiger partial charge in [-0.2, -0.15) is 0 Å². The summed E-state index contributed by atoms with van der Waals surface area (Å²) in [5, 5.41) is 3.37. The Morgan fingerprint density at radius 2 is 1.83 bits per heavy atom. The highest BCUT2D eigenvalue weighted by Gasteiger charge is 2.29. The topological polar surface area (TPSA) is 35.6 Å². The molecule has 2 aliphatic rings. The van der Waals surface area contributed by atoms with Crippen LogP contribution in [0.15, 0.2) is 0 Å². The van der Waals surface area contributed by atoms with Crippen LogP contribution in [0.3, 0.4) is 0 Å². The zero-order valence-electron chi connectivity index (χ0n) is 11.8. The zero-order chi connectivity index (χ0) is 13.0. The molecule has 0 aliphatic carbocycles. The third kappa shape index (κ3) is 3.16. The standard InChI is InChI=1S/C14H27N3O/c1-3-17(13-4-8-15-9-5-13)14(18)16-10-6-12(2)7-11-16/h12-13,15H,3-11H2,1-2H3. The van der Waals surface area contributed by atoms with Crippen molar-refractivity contribution in [2.45, 2.75) is 45.6 Å². The number of nitrogens with zero attached hydrogens (tertiary/aromatic N) is 2. The van der Waals surface area contributed by atoms with Gasteiger partial charge in [-0.1, -0.05) is 6.92 Å². The number of carbonyl (C=O) groups is 1. The quantitative estimate of drug-likeness (QED) is 0.816. The second kappa shape index (κ2) is 6.41. The van der Waals surface area contributed by atoms with Crippen molar-refractivity contribution >= 4 is 6.03 Å². The molecular formula is C14H27N3O. The Morgan fingerprint density at radius 3 is 2.39 bits per heavy atom. The van der Waals surface area contributed by atoms with Crippen LogP contribution in [0, 0.1) is 5.92 Å². The Morgan fingerprint density at radius 1 is 1.22 bits per heavy atom. The lowest BCUT2D eigenvalue weighted by atomic mass is 9.99. The number of amides is 2. The number of carbonyl (C=O) groups excluding carboxylic acids is 1. The van der Waals surface area contributed by atoms with Crippen LogP contribution in [0.5, 0.6) is 0 Å². The van der Waals surface area contributed by atoms with E-state index in [1.807, 2.05) is 0 Å². The van der Waals surface area contributed by atoms with Gasteiger partial charge in [0, 0.05) is 25.7 Å². The van der Waals surface area contributed by atoms with Gasteiger partial charge < -0.3 is 15.1 Å². The summed E-state index contributed by atoms with van der Waals surface area (Å²) in [7, 11) is 0. The Hall–Kier alpha value is -0.770. The fourth-order valence-corrected chi connectivity index (χ4v) is 3.05. The van der Waals surface area contributed by atoms with E-state index in [0.29, 0.717) is 6.04 Å². The second-order valence-electron chi connectivity index (χ2n) is 5.72. The predicted octanol–water partition coefficient (Wildman–Crippen LogP) is 1.91. The van der Waals surface area contributed by atoms with Gasteiger partial charge in [0.25, 0.3) is 0 Å². The molecule has 0 radical (unpaired) electrons. The largest absolute Gasteiger partial charge is 0.325 e. The average molecular weight is 253 g/mol. The van der Waals surface area contributed by atoms with E-state index in [-0.39, 0.29) is 6.03 Å². The number of rotatable bonds is 2. The Balaban J connectivity index is 1.92. The smallest absolute Gasteiger partial charge is 0.320 e. The lowest BCUT2D eigenvalue weighted by Gasteiger charge is -2.39. The third-order valence-electron chi connectivity index (χ3n) is 4.39. The summed E-state index contributed by atoms with van der Waals surface area (Å²) in [5.41, 5.74) is 0. The van der Waals surface area contributed by atoms with Gasteiger partial charge in [0.1, 0.15) is 0 Å². The second-order valence-corrected chi connectivity index (χ2v) is 5.72. The number of likely N-dealkylation sites (tertiary alicyclic amines) is 1. The molecule has 104 valence electrons. The minimum Gasteiger partial charge on any atom is -0.325 e. The molecule has 2 amide bonds. The van der Waals surface area contributed by atoms with Gasteiger partial charge in [-0.25, -0.2) is 4.79 Å². The molecule has 2 saturated heterocycles. The van der Waals surface area contributed by atoms with Gasteiger partial charge in [0.15, 0.2) is 0 Å². The van der Waals surface area contributed by atoms with Gasteiger partial charge in [0.05, 0.1) is 0 Å². The van der Waals surface area contributed by atoms with E-state index in [9.17, 15) is 4.79 Å². The first-order valence-electron chi connectivity index (χ1n) is 7.48. The molecule has 2 heterocycles. The van der Waals surface area contributed by atoms with Crippen LogP contribution in [0.25, 0.3) is 0 Å². The highest BCUT2D eigenvalue weighted by atomic mass is 16.2. The highest BCUT2D eigenvalue weighted by molar-refractivity contribution is 5.75. The zero-order valence-corrected chi connectivity index (χ0v) is 11.8. The van der Waals surface area contributed by atoms with E-state index < -0.39 is 0 Å². The van der Waals surface area contributed by atoms with Crippen LogP contribution in [0.4, 0.5) is 4.79 Å². The number of hydrogen-bond acceptors (Lipinski definition) is 2. The van der Waals surface area contributed by atoms with E-state index in [1.54, 1.807) is 0 Å². The Labute approximate surface area is 111 Å². The van der Waals surface area contributed by atoms with Crippen LogP contribution < -0.4 is 5.32 Å². The molecule has 4 nitrogen and oxygen atoms in total. The number of urea groups is 1. The van der Waals surface area contributed by atoms with Crippen molar-refractivity contribution in [2.75, 3.05) is 32.7 Å². The normalized spacial score (nSPS) is 23.1. The molecule has 2 fully saturated rings. The maximum absolute atomic E-state index is 12.6. The van der Waals surface area contributed by atoms with Crippen LogP contribution in [-0.4, -0.2) is 54.6 Å². The van der Waals surface area contributed by atoms with Crippen molar-refractivity contribution in [3.05, 3.63) is 0 Å². The Bertz CT molecular complexity index is 268. The SMILES string of the molecule is CCN(C(=O)N1CCC(C)CC1)C1CCNCC1. The summed E-state index contributed by atoms with van der Waals surface area (Å²) in [4.78, 5) is 16.7. The van der Waals surface area contributed by atoms with Crippen molar-refractivity contribution in [1.82, 2.24) is 15.1 Å². The molecule has 1 N–H and O–H groups in total. The molecule has 0 spiro atoms. The molecule has 0 aromatic carbocycles. The molecule has 2 rings (SSSR count). The summed E-state index contributed by atoms with van der Waals surface area (Å²) in [6.07, 6.45) is 4.53. The summed E-state index contributed by atoms with van der Waals surface area (Å²) in [6.45, 7) is 9.22. The number of nitrogens with one attached hydrogen (secondary N) is 1. The van der Waals surface area contributed by atoms with Gasteiger partial charge >= 0.3 is 6.03 Å². The van der Waals surface area contributed by atoms with Gasteiger partial charge in [-0.05, 0) is 51.6 Å². The molecule has 0 saturated carbocycles. The van der Waals surface area contributed by atoms with Crippen LogP contribution in [-0.2, 0) is 0 Å². The molecule has 4 heteroatoms. The van der Waals surface area contributed by atoms with E-state index in [2.05, 4.69) is 29.0 Å². The first kappa shape index (κ1) is 13.7. The highest BCUT2D eigenvalue weighted by Crippen LogP contribution is 2.20. The molecule has 0 aromatic heterocycles. The van der Waals surface area contributed by atoms with Crippen molar-refractivity contribution < 1.29 is 4.79 Å². The summed E-state index contributed by atoms with van der Waals surface area (Å²) in [6, 6.07) is 0.722. The third-order valence-corrected chi connectivity index (χ3v) is 4.39. The maximum atomic E-state index is 12.6. The van der Waals surface area contributed by atoms with E-state index in [4.69, 9.17) is 0 Å². The summed E-state index contributed by atoms with van der Waals surface area (Å²) in [5.74, 6) is 0.781. The molecular weight excluding hydrogens is 226 g/mol. The summed E-state index contributed by atoms with van der Waals surface area (Å²) < 4.78 is 0. The fourth-order valence-electron chi connectivity index (χ4n) is 3.05. The minimum absolute atomic E-state index is 0.274. The van der Waals surface area contributed by atoms with Gasteiger partial charge in [-0.3, -0.25) is 0 Å². The van der Waals surface area contributed by atoms with Crippen molar-refractivity contribution in [2.24, 2.45) is 5.92 Å². The number of hydrogen-bond donors (Lipinski definition) is 1. The fraction of sp³-hybridized carbons (Fsp3) is 0.929. The van der Waals surface area contributed by atoms with Crippen LogP contribution in [0.2, 0.25) is 0 Å². The van der Waals surface area contributed by atoms with Gasteiger partial charge in [-0.15, -0.1) is 0 Å². The van der Waals surface area contributed by atoms with Crippen LogP contribution in [0.1, 0.15) is 39.5 Å². The molecule has 0 unspecified atom stereocenters. The first-order valence-corrected chi connectivity index (χ1v) is 7.48. The lowest BCUT2D eigenvalue weighted by molar-refractivity contribution is 0.111. The van der Waals surface area contributed by atoms with Gasteiger partial charge in [0.2, 0.25) is 0 Å². The van der Waals surface area contributed by atoms with E-state index in [0.717, 1.165) is 64.3 Å². The monoisotopic (exact) mass is 253 g/mol. The average Bonchev–Trinajstić information content (AvgIpc) is 2.41. The van der Waals surface area contributed by atoms with Crippen LogP contribution >= 0.6 is 0 Å². The number of piperidine rings is 2. The lowest BCUT2D eigenvalue weighted by Crippen LogP contribution is -2.52. The van der Waals surface area contributed by atoms with Crippen molar-refractivity contribution in [1.29, 1.82) is 0 Å². The minimum atomic E-state index is 0.274. The van der Waals surface area contributed by atoms with E-state index >= 15 is 0 Å². The van der Waals surface area contributed by atoms with Crippen molar-refractivity contribution in [3.63, 3.8) is 0 Å². The first-order chi connectivity index (χ1) is 8.72. The predicted molar refractivity (Wildman–Crippen MR) is 73.6 cm³/mol. The summed E-state index contributed by atoms with van der Waals surface area (Å²) >= 11 is 0. The molecule has 0 bridgehead atoms. The Kier molecular flexibility index (Phi) is 4.87.